The molecule has 1 saturated heterocycles. The van der Waals surface area contributed by atoms with Crippen LogP contribution in [0, 0.1) is 25.2 Å². The number of para-hydroxylation sites is 1. The first-order valence-electron chi connectivity index (χ1n) is 5.25. The molecule has 1 unspecified atom stereocenters. The lowest BCUT2D eigenvalue weighted by Crippen LogP contribution is -2.26. The Morgan fingerprint density at radius 2 is 2.31 bits per heavy atom. The summed E-state index contributed by atoms with van der Waals surface area (Å²) in [4.78, 5) is 13.5. The molecule has 1 amide bonds. The molecule has 1 aromatic rings. The number of hydrogen-bond acceptors (Lipinski definition) is 2. The van der Waals surface area contributed by atoms with Crippen LogP contribution in [0.2, 0.25) is 0 Å². The molecule has 2 rings (SSSR count). The van der Waals surface area contributed by atoms with Crippen LogP contribution in [0.15, 0.2) is 18.2 Å². The van der Waals surface area contributed by atoms with Gasteiger partial charge in [0.25, 0.3) is 0 Å². The summed E-state index contributed by atoms with van der Waals surface area (Å²) in [5.74, 6) is 2.69. The number of nitrogens with two attached hydrogens (primary N) is 1. The average Bonchev–Trinajstić information content (AvgIpc) is 2.60. The number of terminal acetylenes is 1. The molecule has 16 heavy (non-hydrogen) atoms. The van der Waals surface area contributed by atoms with Crippen molar-refractivity contribution < 1.29 is 4.79 Å². The highest BCUT2D eigenvalue weighted by molar-refractivity contribution is 5.99. The standard InChI is InChI=1S/C13H14N2O/c1-3-10-7-12(16)15(8-10)13-9(2)5-4-6-11(13)14/h1,4-6,10H,7-8,14H2,2H3. The molecule has 1 atom stereocenters. The number of anilines is 2. The van der Waals surface area contributed by atoms with Crippen LogP contribution in [0.4, 0.5) is 11.4 Å². The van der Waals surface area contributed by atoms with E-state index in [0.29, 0.717) is 18.7 Å². The van der Waals surface area contributed by atoms with Crippen molar-refractivity contribution >= 4 is 17.3 Å². The van der Waals surface area contributed by atoms with Crippen LogP contribution in [0.3, 0.4) is 0 Å². The van der Waals surface area contributed by atoms with E-state index >= 15 is 0 Å². The van der Waals surface area contributed by atoms with Crippen molar-refractivity contribution in [2.24, 2.45) is 5.92 Å². The number of carbonyl (C=O) groups is 1. The molecule has 0 radical (unpaired) electrons. The summed E-state index contributed by atoms with van der Waals surface area (Å²) in [5.41, 5.74) is 8.35. The Bertz CT molecular complexity index is 453. The van der Waals surface area contributed by atoms with E-state index in [4.69, 9.17) is 12.2 Å². The molecule has 0 aromatic heterocycles. The molecule has 0 saturated carbocycles. The summed E-state index contributed by atoms with van der Waals surface area (Å²) in [6.45, 7) is 2.52. The molecule has 3 nitrogen and oxygen atoms in total. The predicted octanol–water partition coefficient (Wildman–Crippen LogP) is 1.56. The molecule has 1 fully saturated rings. The second kappa shape index (κ2) is 3.90. The first-order valence-corrected chi connectivity index (χ1v) is 5.25. The van der Waals surface area contributed by atoms with Crippen molar-refractivity contribution in [1.29, 1.82) is 0 Å². The Morgan fingerprint density at radius 3 is 2.88 bits per heavy atom. The number of rotatable bonds is 1. The van der Waals surface area contributed by atoms with Crippen LogP contribution in [-0.2, 0) is 4.79 Å². The van der Waals surface area contributed by atoms with Crippen LogP contribution in [0.1, 0.15) is 12.0 Å². The van der Waals surface area contributed by atoms with Crippen LogP contribution < -0.4 is 10.6 Å². The van der Waals surface area contributed by atoms with Gasteiger partial charge in [0, 0.05) is 18.9 Å². The second-order valence-electron chi connectivity index (χ2n) is 4.08. The normalized spacial score (nSPS) is 19.9. The lowest BCUT2D eigenvalue weighted by molar-refractivity contribution is -0.117. The van der Waals surface area contributed by atoms with Gasteiger partial charge in [0.05, 0.1) is 11.4 Å². The van der Waals surface area contributed by atoms with E-state index in [0.717, 1.165) is 11.3 Å². The monoisotopic (exact) mass is 214 g/mol. The van der Waals surface area contributed by atoms with E-state index in [1.807, 2.05) is 19.1 Å². The number of nitrogen functional groups attached to an aromatic ring is 1. The van der Waals surface area contributed by atoms with Crippen molar-refractivity contribution in [3.05, 3.63) is 23.8 Å². The Kier molecular flexibility index (Phi) is 2.57. The molecule has 2 N–H and O–H groups in total. The van der Waals surface area contributed by atoms with Crippen LogP contribution in [-0.4, -0.2) is 12.5 Å². The smallest absolute Gasteiger partial charge is 0.228 e. The van der Waals surface area contributed by atoms with E-state index in [9.17, 15) is 4.79 Å². The highest BCUT2D eigenvalue weighted by Crippen LogP contribution is 2.32. The van der Waals surface area contributed by atoms with Crippen molar-refractivity contribution in [3.8, 4) is 12.3 Å². The van der Waals surface area contributed by atoms with Gasteiger partial charge in [-0.25, -0.2) is 0 Å². The van der Waals surface area contributed by atoms with E-state index < -0.39 is 0 Å². The van der Waals surface area contributed by atoms with Crippen molar-refractivity contribution in [3.63, 3.8) is 0 Å². The van der Waals surface area contributed by atoms with Crippen molar-refractivity contribution in [2.45, 2.75) is 13.3 Å². The highest BCUT2D eigenvalue weighted by atomic mass is 16.2. The third-order valence-electron chi connectivity index (χ3n) is 2.90. The fraction of sp³-hybridized carbons (Fsp3) is 0.308. The lowest BCUT2D eigenvalue weighted by atomic mass is 10.1. The zero-order valence-corrected chi connectivity index (χ0v) is 9.23. The number of aryl methyl sites for hydroxylation is 1. The number of carbonyl (C=O) groups excluding carboxylic acids is 1. The third-order valence-corrected chi connectivity index (χ3v) is 2.90. The van der Waals surface area contributed by atoms with Crippen molar-refractivity contribution in [1.82, 2.24) is 0 Å². The van der Waals surface area contributed by atoms with Gasteiger partial charge in [0.1, 0.15) is 0 Å². The fourth-order valence-electron chi connectivity index (χ4n) is 2.09. The van der Waals surface area contributed by atoms with Gasteiger partial charge < -0.3 is 10.6 Å². The maximum absolute atomic E-state index is 11.8. The van der Waals surface area contributed by atoms with Gasteiger partial charge in [-0.05, 0) is 18.6 Å². The summed E-state index contributed by atoms with van der Waals surface area (Å²) in [6.07, 6.45) is 5.77. The first kappa shape index (κ1) is 10.6. The van der Waals surface area contributed by atoms with Gasteiger partial charge in [-0.15, -0.1) is 12.3 Å². The Hall–Kier alpha value is -1.95. The highest BCUT2D eigenvalue weighted by Gasteiger charge is 2.31. The van der Waals surface area contributed by atoms with Crippen LogP contribution in [0.25, 0.3) is 0 Å². The summed E-state index contributed by atoms with van der Waals surface area (Å²) >= 11 is 0. The minimum absolute atomic E-state index is 0.00602. The van der Waals surface area contributed by atoms with E-state index in [1.165, 1.54) is 0 Å². The number of nitrogens with zero attached hydrogens (tertiary/aromatic N) is 1. The maximum atomic E-state index is 11.8. The first-order chi connectivity index (χ1) is 7.63. The fourth-order valence-corrected chi connectivity index (χ4v) is 2.09. The lowest BCUT2D eigenvalue weighted by Gasteiger charge is -2.20. The molecule has 1 aliphatic heterocycles. The van der Waals surface area contributed by atoms with Gasteiger partial charge in [-0.3, -0.25) is 4.79 Å². The number of hydrogen-bond donors (Lipinski definition) is 1. The van der Waals surface area contributed by atoms with E-state index in [1.54, 1.807) is 11.0 Å². The summed E-state index contributed by atoms with van der Waals surface area (Å²) in [6, 6.07) is 5.63. The quantitative estimate of drug-likeness (QED) is 0.569. The molecule has 1 heterocycles. The molecule has 3 heteroatoms. The van der Waals surface area contributed by atoms with Crippen LogP contribution >= 0.6 is 0 Å². The summed E-state index contributed by atoms with van der Waals surface area (Å²) in [7, 11) is 0. The number of benzene rings is 1. The minimum Gasteiger partial charge on any atom is -0.397 e. The Morgan fingerprint density at radius 1 is 1.56 bits per heavy atom. The zero-order chi connectivity index (χ0) is 11.7. The van der Waals surface area contributed by atoms with Gasteiger partial charge >= 0.3 is 0 Å². The SMILES string of the molecule is C#CC1CC(=O)N(c2c(C)cccc2N)C1. The number of amides is 1. The zero-order valence-electron chi connectivity index (χ0n) is 9.23. The second-order valence-corrected chi connectivity index (χ2v) is 4.08. The van der Waals surface area contributed by atoms with Gasteiger partial charge in [0.2, 0.25) is 5.91 Å². The molecular weight excluding hydrogens is 200 g/mol. The molecule has 1 aliphatic rings. The molecular formula is C13H14N2O. The predicted molar refractivity (Wildman–Crippen MR) is 64.9 cm³/mol. The Labute approximate surface area is 95.2 Å². The molecule has 1 aromatic carbocycles. The molecule has 0 aliphatic carbocycles. The van der Waals surface area contributed by atoms with Gasteiger partial charge in [0.15, 0.2) is 0 Å². The maximum Gasteiger partial charge on any atom is 0.228 e. The minimum atomic E-state index is 0.00602. The van der Waals surface area contributed by atoms with E-state index in [2.05, 4.69) is 5.92 Å². The van der Waals surface area contributed by atoms with Crippen LogP contribution in [0.5, 0.6) is 0 Å². The van der Waals surface area contributed by atoms with Crippen molar-refractivity contribution in [2.75, 3.05) is 17.2 Å². The molecule has 82 valence electrons. The van der Waals surface area contributed by atoms with E-state index in [-0.39, 0.29) is 11.8 Å². The van der Waals surface area contributed by atoms with Gasteiger partial charge in [-0.1, -0.05) is 12.1 Å². The largest absolute Gasteiger partial charge is 0.397 e. The Balaban J connectivity index is 2.39. The topological polar surface area (TPSA) is 46.3 Å². The summed E-state index contributed by atoms with van der Waals surface area (Å²) in [5, 5.41) is 0. The van der Waals surface area contributed by atoms with Gasteiger partial charge in [-0.2, -0.15) is 0 Å². The third kappa shape index (κ3) is 1.63. The summed E-state index contributed by atoms with van der Waals surface area (Å²) < 4.78 is 0. The average molecular weight is 214 g/mol. The molecule has 0 bridgehead atoms. The molecule has 0 spiro atoms.